The maximum absolute atomic E-state index is 12.4. The summed E-state index contributed by atoms with van der Waals surface area (Å²) in [6, 6.07) is 0.115. The average Bonchev–Trinajstić information content (AvgIpc) is 3.15. The van der Waals surface area contributed by atoms with E-state index in [1.165, 1.54) is 11.6 Å². The number of nitrogens with zero attached hydrogens (tertiary/aromatic N) is 4. The van der Waals surface area contributed by atoms with Gasteiger partial charge in [-0.2, -0.15) is 0 Å². The third kappa shape index (κ3) is 2.19. The normalized spacial score (nSPS) is 18.4. The molecule has 8 heteroatoms. The van der Waals surface area contributed by atoms with Gasteiger partial charge in [-0.25, -0.2) is 9.78 Å². The Morgan fingerprint density at radius 2 is 2.09 bits per heavy atom. The van der Waals surface area contributed by atoms with Gasteiger partial charge >= 0.3 is 5.69 Å². The van der Waals surface area contributed by atoms with E-state index in [2.05, 4.69) is 10.3 Å². The van der Waals surface area contributed by atoms with Crippen LogP contribution in [0.1, 0.15) is 24.7 Å². The van der Waals surface area contributed by atoms with Crippen LogP contribution in [0.15, 0.2) is 9.59 Å². The number of nitrogens with one attached hydrogen (secondary N) is 1. The Morgan fingerprint density at radius 1 is 1.32 bits per heavy atom. The number of aryl methyl sites for hydroxylation is 1. The highest BCUT2D eigenvalue weighted by atomic mass is 16.5. The fourth-order valence-electron chi connectivity index (χ4n) is 3.08. The molecule has 120 valence electrons. The Bertz CT molecular complexity index is 810. The summed E-state index contributed by atoms with van der Waals surface area (Å²) >= 11 is 0. The predicted molar refractivity (Wildman–Crippen MR) is 82.1 cm³/mol. The van der Waals surface area contributed by atoms with Crippen molar-refractivity contribution < 1.29 is 4.74 Å². The molecule has 3 heterocycles. The first-order valence-electron chi connectivity index (χ1n) is 7.44. The van der Waals surface area contributed by atoms with Crippen LogP contribution in [0, 0.1) is 0 Å². The molecule has 1 aliphatic heterocycles. The highest BCUT2D eigenvalue weighted by molar-refractivity contribution is 5.71. The molecule has 2 aromatic rings. The van der Waals surface area contributed by atoms with Crippen molar-refractivity contribution in [1.29, 1.82) is 0 Å². The SMILES string of the molecule is COCCn1c(C2CCCN2)nc2c(=O)n(C)c(=O)n(C)c21. The van der Waals surface area contributed by atoms with Gasteiger partial charge in [0.1, 0.15) is 11.5 Å². The second-order valence-electron chi connectivity index (χ2n) is 5.64. The van der Waals surface area contributed by atoms with E-state index in [1.807, 2.05) is 4.57 Å². The van der Waals surface area contributed by atoms with Gasteiger partial charge in [-0.05, 0) is 19.4 Å². The van der Waals surface area contributed by atoms with Crippen molar-refractivity contribution in [2.45, 2.75) is 25.4 Å². The second kappa shape index (κ2) is 5.69. The lowest BCUT2D eigenvalue weighted by Crippen LogP contribution is -2.37. The molecule has 0 saturated carbocycles. The Labute approximate surface area is 127 Å². The quantitative estimate of drug-likeness (QED) is 0.824. The van der Waals surface area contributed by atoms with E-state index >= 15 is 0 Å². The molecule has 0 bridgehead atoms. The molecule has 2 aromatic heterocycles. The molecule has 0 amide bonds. The zero-order chi connectivity index (χ0) is 15.9. The van der Waals surface area contributed by atoms with Crippen molar-refractivity contribution in [3.8, 4) is 0 Å². The van der Waals surface area contributed by atoms with E-state index in [-0.39, 0.29) is 17.3 Å². The van der Waals surface area contributed by atoms with Crippen LogP contribution in [0.4, 0.5) is 0 Å². The van der Waals surface area contributed by atoms with Crippen LogP contribution >= 0.6 is 0 Å². The van der Waals surface area contributed by atoms with Crippen LogP contribution in [-0.4, -0.2) is 38.9 Å². The molecule has 1 aliphatic rings. The molecule has 0 aromatic carbocycles. The third-order valence-electron chi connectivity index (χ3n) is 4.26. The number of hydrogen-bond acceptors (Lipinski definition) is 5. The van der Waals surface area contributed by atoms with Gasteiger partial charge in [0, 0.05) is 27.7 Å². The van der Waals surface area contributed by atoms with Crippen LogP contribution in [-0.2, 0) is 25.4 Å². The minimum atomic E-state index is -0.353. The van der Waals surface area contributed by atoms with Crippen molar-refractivity contribution in [1.82, 2.24) is 24.0 Å². The largest absolute Gasteiger partial charge is 0.383 e. The molecule has 0 radical (unpaired) electrons. The first kappa shape index (κ1) is 15.0. The van der Waals surface area contributed by atoms with Gasteiger partial charge in [0.15, 0.2) is 5.52 Å². The number of imidazole rings is 1. The lowest BCUT2D eigenvalue weighted by atomic mass is 10.2. The molecule has 1 unspecified atom stereocenters. The summed E-state index contributed by atoms with van der Waals surface area (Å²) in [4.78, 5) is 29.1. The number of aromatic nitrogens is 4. The van der Waals surface area contributed by atoms with Crippen molar-refractivity contribution in [2.24, 2.45) is 14.1 Å². The molecule has 8 nitrogen and oxygen atoms in total. The van der Waals surface area contributed by atoms with Gasteiger partial charge in [-0.15, -0.1) is 0 Å². The zero-order valence-electron chi connectivity index (χ0n) is 13.1. The lowest BCUT2D eigenvalue weighted by molar-refractivity contribution is 0.186. The molecule has 3 rings (SSSR count). The smallest absolute Gasteiger partial charge is 0.332 e. The Kier molecular flexibility index (Phi) is 3.88. The molecule has 0 aliphatic carbocycles. The van der Waals surface area contributed by atoms with E-state index in [0.29, 0.717) is 24.3 Å². The molecular formula is C14H21N5O3. The maximum Gasteiger partial charge on any atom is 0.332 e. The molecule has 0 spiro atoms. The minimum Gasteiger partial charge on any atom is -0.383 e. The van der Waals surface area contributed by atoms with Crippen molar-refractivity contribution in [3.05, 3.63) is 26.7 Å². The van der Waals surface area contributed by atoms with Crippen LogP contribution in [0.2, 0.25) is 0 Å². The maximum atomic E-state index is 12.4. The lowest BCUT2D eigenvalue weighted by Gasteiger charge is -2.14. The summed E-state index contributed by atoms with van der Waals surface area (Å²) < 4.78 is 9.68. The monoisotopic (exact) mass is 307 g/mol. The van der Waals surface area contributed by atoms with Crippen molar-refractivity contribution in [2.75, 3.05) is 20.3 Å². The predicted octanol–water partition coefficient (Wildman–Crippen LogP) is -0.495. The number of ether oxygens (including phenoxy) is 1. The molecular weight excluding hydrogens is 286 g/mol. The molecule has 1 fully saturated rings. The Morgan fingerprint density at radius 3 is 2.73 bits per heavy atom. The number of methoxy groups -OCH3 is 1. The van der Waals surface area contributed by atoms with Gasteiger partial charge in [-0.1, -0.05) is 0 Å². The molecule has 22 heavy (non-hydrogen) atoms. The van der Waals surface area contributed by atoms with Gasteiger partial charge in [0.25, 0.3) is 5.56 Å². The van der Waals surface area contributed by atoms with E-state index in [0.717, 1.165) is 29.8 Å². The highest BCUT2D eigenvalue weighted by Gasteiger charge is 2.26. The number of rotatable bonds is 4. The van der Waals surface area contributed by atoms with Gasteiger partial charge < -0.3 is 14.6 Å². The van der Waals surface area contributed by atoms with E-state index in [9.17, 15) is 9.59 Å². The first-order chi connectivity index (χ1) is 10.6. The highest BCUT2D eigenvalue weighted by Crippen LogP contribution is 2.24. The summed E-state index contributed by atoms with van der Waals surface area (Å²) in [5, 5.41) is 3.40. The number of hydrogen-bond donors (Lipinski definition) is 1. The van der Waals surface area contributed by atoms with Gasteiger partial charge in [0.2, 0.25) is 0 Å². The summed E-state index contributed by atoms with van der Waals surface area (Å²) in [5.74, 6) is 0.808. The molecule has 1 atom stereocenters. The van der Waals surface area contributed by atoms with E-state index in [4.69, 9.17) is 4.74 Å². The van der Waals surface area contributed by atoms with Crippen LogP contribution < -0.4 is 16.6 Å². The summed E-state index contributed by atoms with van der Waals surface area (Å²) in [6.07, 6.45) is 2.06. The fourth-order valence-corrected chi connectivity index (χ4v) is 3.08. The fraction of sp³-hybridized carbons (Fsp3) is 0.643. The zero-order valence-corrected chi connectivity index (χ0v) is 13.1. The molecule has 1 N–H and O–H groups in total. The molecule has 1 saturated heterocycles. The van der Waals surface area contributed by atoms with Crippen molar-refractivity contribution in [3.63, 3.8) is 0 Å². The van der Waals surface area contributed by atoms with Crippen LogP contribution in [0.5, 0.6) is 0 Å². The van der Waals surface area contributed by atoms with Crippen LogP contribution in [0.3, 0.4) is 0 Å². The van der Waals surface area contributed by atoms with Gasteiger partial charge in [-0.3, -0.25) is 13.9 Å². The standard InChI is InChI=1S/C14H21N5O3/c1-17-12-10(13(20)18(2)14(17)21)16-11(9-5-4-6-15-9)19(12)7-8-22-3/h9,15H,4-8H2,1-3H3. The van der Waals surface area contributed by atoms with Crippen LogP contribution in [0.25, 0.3) is 11.2 Å². The van der Waals surface area contributed by atoms with E-state index < -0.39 is 0 Å². The summed E-state index contributed by atoms with van der Waals surface area (Å²) in [6.45, 7) is 1.99. The summed E-state index contributed by atoms with van der Waals surface area (Å²) in [5.41, 5.74) is 0.203. The van der Waals surface area contributed by atoms with E-state index in [1.54, 1.807) is 14.2 Å². The Hall–Kier alpha value is -1.93. The minimum absolute atomic E-state index is 0.115. The Balaban J connectivity index is 2.31. The topological polar surface area (TPSA) is 83.1 Å². The second-order valence-corrected chi connectivity index (χ2v) is 5.64. The van der Waals surface area contributed by atoms with Gasteiger partial charge in [0.05, 0.1) is 12.6 Å². The number of fused-ring (bicyclic) bond motifs is 1. The first-order valence-corrected chi connectivity index (χ1v) is 7.44. The third-order valence-corrected chi connectivity index (χ3v) is 4.26. The van der Waals surface area contributed by atoms with Crippen molar-refractivity contribution >= 4 is 11.2 Å². The summed E-state index contributed by atoms with van der Waals surface area (Å²) in [7, 11) is 4.78. The average molecular weight is 307 g/mol.